The summed E-state index contributed by atoms with van der Waals surface area (Å²) in [4.78, 5) is 12.2. The van der Waals surface area contributed by atoms with Gasteiger partial charge in [0.25, 0.3) is 5.24 Å². The molecule has 0 saturated heterocycles. The lowest BCUT2D eigenvalue weighted by Gasteiger charge is -2.28. The number of nitrogens with one attached hydrogen (secondary N) is 1. The Hall–Kier alpha value is -1.20. The molecule has 0 atom stereocenters. The minimum Gasteiger partial charge on any atom is -0.507 e. The van der Waals surface area contributed by atoms with Crippen LogP contribution in [0, 0.1) is 0 Å². The predicted molar refractivity (Wildman–Crippen MR) is 84.1 cm³/mol. The van der Waals surface area contributed by atoms with Crippen molar-refractivity contribution in [1.82, 2.24) is 5.43 Å². The molecule has 0 fully saturated rings. The van der Waals surface area contributed by atoms with Gasteiger partial charge in [-0.2, -0.15) is 0 Å². The highest BCUT2D eigenvalue weighted by molar-refractivity contribution is 8.13. The number of rotatable bonds is 1. The molecule has 0 aliphatic carbocycles. The molecular formula is C15H24N2O2S. The topological polar surface area (TPSA) is 75.4 Å². The second-order valence-corrected chi connectivity index (χ2v) is 7.95. The zero-order chi connectivity index (χ0) is 15.7. The zero-order valence-corrected chi connectivity index (χ0v) is 13.8. The first-order valence-electron chi connectivity index (χ1n) is 6.53. The molecule has 0 unspecified atom stereocenters. The third-order valence-electron chi connectivity index (χ3n) is 3.03. The Labute approximate surface area is 125 Å². The van der Waals surface area contributed by atoms with Crippen molar-refractivity contribution in [3.8, 4) is 5.75 Å². The van der Waals surface area contributed by atoms with E-state index in [2.05, 4.69) is 5.43 Å². The molecule has 4 nitrogen and oxygen atoms in total. The summed E-state index contributed by atoms with van der Waals surface area (Å²) in [5.41, 5.74) is 3.35. The van der Waals surface area contributed by atoms with Crippen LogP contribution in [0.3, 0.4) is 0 Å². The summed E-state index contributed by atoms with van der Waals surface area (Å²) in [7, 11) is 0. The summed E-state index contributed by atoms with van der Waals surface area (Å²) < 4.78 is 0. The minimum absolute atomic E-state index is 0.208. The van der Waals surface area contributed by atoms with Crippen LogP contribution in [-0.4, -0.2) is 10.3 Å². The molecule has 1 amide bonds. The smallest absolute Gasteiger partial charge is 0.297 e. The summed E-state index contributed by atoms with van der Waals surface area (Å²) in [6.07, 6.45) is 0. The Morgan fingerprint density at radius 1 is 1.10 bits per heavy atom. The maximum Gasteiger partial charge on any atom is 0.297 e. The molecule has 0 bridgehead atoms. The summed E-state index contributed by atoms with van der Waals surface area (Å²) in [6, 6.07) is 3.70. The monoisotopic (exact) mass is 296 g/mol. The van der Waals surface area contributed by atoms with Gasteiger partial charge in [-0.05, 0) is 34.7 Å². The van der Waals surface area contributed by atoms with Gasteiger partial charge < -0.3 is 5.11 Å². The number of hydrazine groups is 1. The lowest BCUT2D eigenvalue weighted by atomic mass is 9.79. The first-order chi connectivity index (χ1) is 8.96. The SMILES string of the molecule is CC(C)(C)c1cc(SC(=O)NN)cc(C(C)(C)C)c1O. The van der Waals surface area contributed by atoms with Crippen molar-refractivity contribution in [3.05, 3.63) is 23.3 Å². The number of aromatic hydroxyl groups is 1. The number of carbonyl (C=O) groups is 1. The Bertz CT molecular complexity index is 479. The van der Waals surface area contributed by atoms with Crippen molar-refractivity contribution in [3.63, 3.8) is 0 Å². The molecule has 0 spiro atoms. The van der Waals surface area contributed by atoms with Gasteiger partial charge in [0.2, 0.25) is 0 Å². The third kappa shape index (κ3) is 3.90. The number of thioether (sulfide) groups is 1. The van der Waals surface area contributed by atoms with Crippen molar-refractivity contribution in [1.29, 1.82) is 0 Å². The minimum atomic E-state index is -0.324. The fraction of sp³-hybridized carbons (Fsp3) is 0.533. The van der Waals surface area contributed by atoms with Crippen molar-refractivity contribution in [2.75, 3.05) is 0 Å². The number of phenolic OH excluding ortho intramolecular Hbond substituents is 1. The van der Waals surface area contributed by atoms with E-state index in [0.29, 0.717) is 5.75 Å². The molecule has 0 aliphatic rings. The van der Waals surface area contributed by atoms with Crippen LogP contribution in [-0.2, 0) is 10.8 Å². The molecular weight excluding hydrogens is 272 g/mol. The molecule has 112 valence electrons. The lowest BCUT2D eigenvalue weighted by Crippen LogP contribution is -2.26. The van der Waals surface area contributed by atoms with Gasteiger partial charge in [-0.1, -0.05) is 41.5 Å². The van der Waals surface area contributed by atoms with E-state index in [1.807, 2.05) is 53.7 Å². The molecule has 1 aromatic carbocycles. The van der Waals surface area contributed by atoms with Crippen LogP contribution in [0.4, 0.5) is 4.79 Å². The van der Waals surface area contributed by atoms with E-state index in [1.54, 1.807) is 0 Å². The Morgan fingerprint density at radius 2 is 1.50 bits per heavy atom. The lowest BCUT2D eigenvalue weighted by molar-refractivity contribution is 0.261. The van der Waals surface area contributed by atoms with E-state index in [-0.39, 0.29) is 16.1 Å². The Kier molecular flexibility index (Phi) is 4.77. The highest BCUT2D eigenvalue weighted by Gasteiger charge is 2.27. The molecule has 1 rings (SSSR count). The molecule has 0 radical (unpaired) electrons. The number of hydrogen-bond donors (Lipinski definition) is 3. The van der Waals surface area contributed by atoms with Crippen LogP contribution in [0.1, 0.15) is 52.7 Å². The first kappa shape index (κ1) is 16.9. The number of carbonyl (C=O) groups excluding carboxylic acids is 1. The standard InChI is InChI=1S/C15H24N2O2S/c1-14(2,3)10-7-9(20-13(19)17-16)8-11(12(10)18)15(4,5)6/h7-8,18H,16H2,1-6H3,(H,17,19). The number of phenols is 1. The summed E-state index contributed by atoms with van der Waals surface area (Å²) in [5, 5.41) is 10.2. The van der Waals surface area contributed by atoms with Crippen molar-refractivity contribution < 1.29 is 9.90 Å². The summed E-state index contributed by atoms with van der Waals surface area (Å²) in [6.45, 7) is 12.2. The molecule has 5 heteroatoms. The van der Waals surface area contributed by atoms with Crippen LogP contribution in [0.5, 0.6) is 5.75 Å². The van der Waals surface area contributed by atoms with E-state index in [9.17, 15) is 9.90 Å². The van der Waals surface area contributed by atoms with E-state index in [0.717, 1.165) is 27.8 Å². The summed E-state index contributed by atoms with van der Waals surface area (Å²) in [5.74, 6) is 5.44. The zero-order valence-electron chi connectivity index (χ0n) is 13.0. The molecule has 1 aromatic rings. The van der Waals surface area contributed by atoms with E-state index in [1.165, 1.54) is 0 Å². The molecule has 4 N–H and O–H groups in total. The van der Waals surface area contributed by atoms with Crippen LogP contribution < -0.4 is 11.3 Å². The normalized spacial score (nSPS) is 12.3. The Morgan fingerprint density at radius 3 is 1.80 bits per heavy atom. The van der Waals surface area contributed by atoms with Crippen LogP contribution in [0.15, 0.2) is 17.0 Å². The van der Waals surface area contributed by atoms with Crippen molar-refractivity contribution in [2.45, 2.75) is 57.3 Å². The van der Waals surface area contributed by atoms with Gasteiger partial charge in [-0.25, -0.2) is 5.84 Å². The van der Waals surface area contributed by atoms with Crippen molar-refractivity contribution in [2.24, 2.45) is 5.84 Å². The maximum atomic E-state index is 11.5. The average Bonchev–Trinajstić information content (AvgIpc) is 2.28. The number of amides is 1. The molecule has 0 aliphatic heterocycles. The predicted octanol–water partition coefficient (Wildman–Crippen LogP) is 3.66. The van der Waals surface area contributed by atoms with Gasteiger partial charge in [-0.3, -0.25) is 10.2 Å². The maximum absolute atomic E-state index is 11.5. The molecule has 0 saturated carbocycles. The van der Waals surface area contributed by atoms with Crippen LogP contribution in [0.2, 0.25) is 0 Å². The van der Waals surface area contributed by atoms with E-state index in [4.69, 9.17) is 5.84 Å². The van der Waals surface area contributed by atoms with Crippen molar-refractivity contribution >= 4 is 17.0 Å². The van der Waals surface area contributed by atoms with Gasteiger partial charge in [0.1, 0.15) is 5.75 Å². The van der Waals surface area contributed by atoms with Gasteiger partial charge in [-0.15, -0.1) is 0 Å². The van der Waals surface area contributed by atoms with Crippen LogP contribution >= 0.6 is 11.8 Å². The quantitative estimate of drug-likeness (QED) is 0.320. The number of hydrogen-bond acceptors (Lipinski definition) is 4. The number of benzene rings is 1. The van der Waals surface area contributed by atoms with Crippen LogP contribution in [0.25, 0.3) is 0 Å². The third-order valence-corrected chi connectivity index (χ3v) is 3.80. The molecule has 0 aromatic heterocycles. The van der Waals surface area contributed by atoms with E-state index < -0.39 is 0 Å². The summed E-state index contributed by atoms with van der Waals surface area (Å²) >= 11 is 1.03. The van der Waals surface area contributed by atoms with E-state index >= 15 is 0 Å². The molecule has 20 heavy (non-hydrogen) atoms. The highest BCUT2D eigenvalue weighted by Crippen LogP contribution is 2.41. The van der Waals surface area contributed by atoms with Gasteiger partial charge in [0.05, 0.1) is 0 Å². The second kappa shape index (κ2) is 5.66. The number of nitrogens with two attached hydrogens (primary N) is 1. The highest BCUT2D eigenvalue weighted by atomic mass is 32.2. The average molecular weight is 296 g/mol. The van der Waals surface area contributed by atoms with Gasteiger partial charge in [0, 0.05) is 16.0 Å². The first-order valence-corrected chi connectivity index (χ1v) is 7.35. The fourth-order valence-corrected chi connectivity index (χ4v) is 2.57. The largest absolute Gasteiger partial charge is 0.507 e. The molecule has 0 heterocycles. The second-order valence-electron chi connectivity index (χ2n) is 6.90. The Balaban J connectivity index is 3.46. The van der Waals surface area contributed by atoms with Gasteiger partial charge in [0.15, 0.2) is 0 Å². The fourth-order valence-electron chi connectivity index (χ4n) is 1.95. The van der Waals surface area contributed by atoms with Gasteiger partial charge >= 0.3 is 0 Å².